The van der Waals surface area contributed by atoms with E-state index < -0.39 is 23.5 Å². The van der Waals surface area contributed by atoms with Gasteiger partial charge in [0.1, 0.15) is 11.3 Å². The summed E-state index contributed by atoms with van der Waals surface area (Å²) in [6, 6.07) is 1.36. The molecule has 8 rings (SSSR count). The van der Waals surface area contributed by atoms with E-state index in [4.69, 9.17) is 30.2 Å². The summed E-state index contributed by atoms with van der Waals surface area (Å²) in [4.78, 5) is 38.2. The molecule has 3 aliphatic rings. The molecule has 5 aromatic heterocycles. The second-order valence-electron chi connectivity index (χ2n) is 10.2. The first kappa shape index (κ1) is 24.0. The molecule has 0 unspecified atom stereocenters. The molecular formula is C26H22ClFN6O5. The van der Waals surface area contributed by atoms with Crippen molar-refractivity contribution >= 4 is 39.6 Å². The summed E-state index contributed by atoms with van der Waals surface area (Å²) in [6.07, 6.45) is 7.95. The summed E-state index contributed by atoms with van der Waals surface area (Å²) in [5, 5.41) is 8.44. The lowest BCUT2D eigenvalue weighted by atomic mass is 9.61. The van der Waals surface area contributed by atoms with Crippen LogP contribution in [-0.2, 0) is 16.1 Å². The van der Waals surface area contributed by atoms with Gasteiger partial charge in [0.25, 0.3) is 0 Å². The smallest absolute Gasteiger partial charge is 0.457 e. The summed E-state index contributed by atoms with van der Waals surface area (Å²) in [7, 11) is 0. The fourth-order valence-corrected chi connectivity index (χ4v) is 6.43. The molecule has 5 heterocycles. The van der Waals surface area contributed by atoms with E-state index in [0.717, 1.165) is 25.7 Å². The predicted molar refractivity (Wildman–Crippen MR) is 135 cm³/mol. The number of halogens is 2. The van der Waals surface area contributed by atoms with Crippen LogP contribution in [-0.4, -0.2) is 35.7 Å². The number of nitrogens with zero attached hydrogens (tertiary/aromatic N) is 5. The fourth-order valence-electron chi connectivity index (χ4n) is 6.27. The van der Waals surface area contributed by atoms with Crippen LogP contribution in [0.3, 0.4) is 0 Å². The summed E-state index contributed by atoms with van der Waals surface area (Å²) in [5.74, 6) is -1.29. The number of aromatic amines is 1. The summed E-state index contributed by atoms with van der Waals surface area (Å²) in [6.45, 7) is 1.35. The lowest BCUT2D eigenvalue weighted by Crippen LogP contribution is -2.45. The molecular weight excluding hydrogens is 531 g/mol. The SMILES string of the molecule is Cc1oc(=O)oc1COC(=O)[C@H]1C2CCC(CC2)[C@@H]1n1cc(F)c2cnc(-c3[nH]nc4ncc(Cl)cc34)nc21. The van der Waals surface area contributed by atoms with Gasteiger partial charge in [-0.1, -0.05) is 11.6 Å². The third-order valence-electron chi connectivity index (χ3n) is 8.07. The zero-order chi connectivity index (χ0) is 26.8. The number of carbonyl (C=O) groups excluding carboxylic acids is 1. The number of pyridine rings is 1. The molecule has 3 fully saturated rings. The van der Waals surface area contributed by atoms with Crippen molar-refractivity contribution in [3.63, 3.8) is 0 Å². The maximum Gasteiger partial charge on any atom is 0.519 e. The van der Waals surface area contributed by atoms with Crippen molar-refractivity contribution in [1.82, 2.24) is 29.7 Å². The minimum Gasteiger partial charge on any atom is -0.457 e. The normalized spacial score (nSPS) is 22.6. The van der Waals surface area contributed by atoms with E-state index in [1.54, 1.807) is 17.6 Å². The first-order valence-corrected chi connectivity index (χ1v) is 13.0. The van der Waals surface area contributed by atoms with Crippen molar-refractivity contribution in [1.29, 1.82) is 0 Å². The Bertz CT molecular complexity index is 1800. The molecule has 2 bridgehead atoms. The van der Waals surface area contributed by atoms with Crippen LogP contribution in [0.4, 0.5) is 4.39 Å². The molecule has 3 saturated carbocycles. The molecule has 5 aromatic rings. The quantitative estimate of drug-likeness (QED) is 0.306. The van der Waals surface area contributed by atoms with Gasteiger partial charge in [0.05, 0.1) is 27.8 Å². The van der Waals surface area contributed by atoms with E-state index in [1.165, 1.54) is 18.6 Å². The number of esters is 1. The second-order valence-corrected chi connectivity index (χ2v) is 10.6. The number of ether oxygens (including phenoxy) is 1. The molecule has 0 radical (unpaired) electrons. The van der Waals surface area contributed by atoms with Crippen molar-refractivity contribution in [3.05, 3.63) is 57.6 Å². The molecule has 0 saturated heterocycles. The summed E-state index contributed by atoms with van der Waals surface area (Å²) in [5.41, 5.74) is 1.34. The van der Waals surface area contributed by atoms with Crippen LogP contribution >= 0.6 is 11.6 Å². The molecule has 0 aromatic carbocycles. The number of hydrogen-bond donors (Lipinski definition) is 1. The summed E-state index contributed by atoms with van der Waals surface area (Å²) < 4.78 is 32.5. The van der Waals surface area contributed by atoms with Crippen LogP contribution < -0.4 is 5.82 Å². The maximum atomic E-state index is 15.2. The van der Waals surface area contributed by atoms with Crippen LogP contribution in [0.25, 0.3) is 33.6 Å². The van der Waals surface area contributed by atoms with Gasteiger partial charge in [0.2, 0.25) is 0 Å². The highest BCUT2D eigenvalue weighted by molar-refractivity contribution is 6.31. The van der Waals surface area contributed by atoms with E-state index in [9.17, 15) is 9.59 Å². The van der Waals surface area contributed by atoms with Gasteiger partial charge in [-0.25, -0.2) is 24.1 Å². The summed E-state index contributed by atoms with van der Waals surface area (Å²) >= 11 is 6.15. The Morgan fingerprint density at radius 2 is 1.97 bits per heavy atom. The average molecular weight is 553 g/mol. The number of aromatic nitrogens is 6. The van der Waals surface area contributed by atoms with Crippen molar-refractivity contribution in [2.45, 2.75) is 45.3 Å². The molecule has 13 heteroatoms. The lowest BCUT2D eigenvalue weighted by molar-refractivity contribution is -0.160. The van der Waals surface area contributed by atoms with E-state index in [2.05, 4.69) is 20.2 Å². The van der Waals surface area contributed by atoms with Crippen LogP contribution in [0.2, 0.25) is 5.02 Å². The van der Waals surface area contributed by atoms with E-state index in [1.807, 2.05) is 0 Å². The van der Waals surface area contributed by atoms with E-state index >= 15 is 4.39 Å². The Hall–Kier alpha value is -4.06. The Morgan fingerprint density at radius 3 is 2.74 bits per heavy atom. The topological polar surface area (TPSA) is 142 Å². The molecule has 0 spiro atoms. The Balaban J connectivity index is 1.28. The van der Waals surface area contributed by atoms with E-state index in [0.29, 0.717) is 33.2 Å². The van der Waals surface area contributed by atoms with Crippen LogP contribution in [0.15, 0.2) is 38.3 Å². The first-order chi connectivity index (χ1) is 18.9. The van der Waals surface area contributed by atoms with Crippen molar-refractivity contribution in [3.8, 4) is 11.5 Å². The molecule has 200 valence electrons. The van der Waals surface area contributed by atoms with E-state index in [-0.39, 0.29) is 41.4 Å². The Kier molecular flexibility index (Phi) is 5.55. The largest absolute Gasteiger partial charge is 0.519 e. The van der Waals surface area contributed by atoms with Gasteiger partial charge < -0.3 is 18.1 Å². The minimum atomic E-state index is -0.846. The molecule has 1 N–H and O–H groups in total. The Labute approximate surface area is 224 Å². The van der Waals surface area contributed by atoms with Gasteiger partial charge in [0.15, 0.2) is 35.4 Å². The molecule has 0 amide bonds. The standard InChI is InChI=1S/C26H22ClFN6O5/c1-11-18(39-26(36)38-11)10-37-25(35)19-12-2-4-13(5-3-12)21(19)34-9-17(28)16-8-30-23(31-24(16)34)20-15-6-14(27)7-29-22(15)33-32-20/h6-9,12-13,19,21H,2-5,10H2,1H3,(H,29,32,33)/t12?,13?,19-,21-/m0/s1. The minimum absolute atomic E-state index is 0.0801. The molecule has 3 aliphatic carbocycles. The molecule has 0 aliphatic heterocycles. The predicted octanol–water partition coefficient (Wildman–Crippen LogP) is 4.74. The van der Waals surface area contributed by atoms with Crippen molar-refractivity contribution in [2.24, 2.45) is 17.8 Å². The van der Waals surface area contributed by atoms with Crippen LogP contribution in [0.5, 0.6) is 0 Å². The third kappa shape index (κ3) is 3.92. The number of hydrogen-bond acceptors (Lipinski definition) is 9. The molecule has 11 nitrogen and oxygen atoms in total. The zero-order valence-electron chi connectivity index (χ0n) is 20.7. The monoisotopic (exact) mass is 552 g/mol. The van der Waals surface area contributed by atoms with Crippen molar-refractivity contribution < 1.29 is 22.8 Å². The number of aryl methyl sites for hydroxylation is 1. The highest BCUT2D eigenvalue weighted by Gasteiger charge is 2.49. The average Bonchev–Trinajstić information content (AvgIpc) is 3.61. The van der Waals surface area contributed by atoms with Gasteiger partial charge in [0, 0.05) is 18.6 Å². The first-order valence-electron chi connectivity index (χ1n) is 12.7. The van der Waals surface area contributed by atoms with Gasteiger partial charge >= 0.3 is 11.8 Å². The molecule has 2 atom stereocenters. The number of H-pyrrole nitrogens is 1. The molecule has 39 heavy (non-hydrogen) atoms. The fraction of sp³-hybridized carbons (Fsp3) is 0.385. The van der Waals surface area contributed by atoms with Crippen LogP contribution in [0.1, 0.15) is 43.2 Å². The van der Waals surface area contributed by atoms with Gasteiger partial charge in [-0.3, -0.25) is 9.89 Å². The van der Waals surface area contributed by atoms with Crippen molar-refractivity contribution in [2.75, 3.05) is 0 Å². The van der Waals surface area contributed by atoms with Gasteiger partial charge in [-0.2, -0.15) is 5.10 Å². The highest BCUT2D eigenvalue weighted by Crippen LogP contribution is 2.52. The number of fused-ring (bicyclic) bond motifs is 5. The second kappa shape index (κ2) is 9.01. The van der Waals surface area contributed by atoms with Gasteiger partial charge in [-0.15, -0.1) is 0 Å². The number of carbonyl (C=O) groups is 1. The number of nitrogens with one attached hydrogen (secondary N) is 1. The lowest BCUT2D eigenvalue weighted by Gasteiger charge is -2.47. The maximum absolute atomic E-state index is 15.2. The van der Waals surface area contributed by atoms with Gasteiger partial charge in [-0.05, 0) is 50.5 Å². The highest BCUT2D eigenvalue weighted by atomic mass is 35.5. The third-order valence-corrected chi connectivity index (χ3v) is 8.28. The zero-order valence-corrected chi connectivity index (χ0v) is 21.4. The Morgan fingerprint density at radius 1 is 1.18 bits per heavy atom. The number of rotatable bonds is 5. The van der Waals surface area contributed by atoms with Crippen LogP contribution in [0, 0.1) is 30.5 Å².